The Bertz CT molecular complexity index is 736. The van der Waals surface area contributed by atoms with Gasteiger partial charge < -0.3 is 9.67 Å². The largest absolute Gasteiger partial charge is 0.477 e. The number of aromatic carboxylic acids is 1. The molecule has 1 heterocycles. The van der Waals surface area contributed by atoms with Crippen molar-refractivity contribution in [3.63, 3.8) is 0 Å². The van der Waals surface area contributed by atoms with Crippen molar-refractivity contribution >= 4 is 17.3 Å². The monoisotopic (exact) mass is 291 g/mol. The van der Waals surface area contributed by atoms with E-state index in [1.807, 2.05) is 0 Å². The third-order valence-corrected chi connectivity index (χ3v) is 2.87. The van der Waals surface area contributed by atoms with Gasteiger partial charge in [0.1, 0.15) is 5.69 Å². The molecule has 21 heavy (non-hydrogen) atoms. The summed E-state index contributed by atoms with van der Waals surface area (Å²) in [5.74, 6) is -1.16. The van der Waals surface area contributed by atoms with Crippen LogP contribution in [0, 0.1) is 20.2 Å². The Labute approximate surface area is 117 Å². The number of benzene rings is 1. The molecular weight excluding hydrogens is 282 g/mol. The number of rotatable bonds is 5. The molecule has 108 valence electrons. The molecule has 1 N–H and O–H groups in total. The Balaban J connectivity index is 2.44. The summed E-state index contributed by atoms with van der Waals surface area (Å²) in [6.07, 6.45) is 1.47. The topological polar surface area (TPSA) is 129 Å². The maximum atomic E-state index is 11.0. The van der Waals surface area contributed by atoms with Gasteiger partial charge in [-0.05, 0) is 18.2 Å². The number of carboxylic acids is 1. The molecule has 1 aromatic heterocycles. The lowest BCUT2D eigenvalue weighted by atomic mass is 10.1. The van der Waals surface area contributed by atoms with Gasteiger partial charge in [0.05, 0.1) is 22.5 Å². The lowest BCUT2D eigenvalue weighted by Crippen LogP contribution is -2.10. The molecule has 0 amide bonds. The van der Waals surface area contributed by atoms with Gasteiger partial charge >= 0.3 is 5.97 Å². The number of carbonyl (C=O) groups is 1. The summed E-state index contributed by atoms with van der Waals surface area (Å²) in [5, 5.41) is 30.6. The van der Waals surface area contributed by atoms with E-state index >= 15 is 0 Å². The molecule has 2 aromatic rings. The first-order valence-corrected chi connectivity index (χ1v) is 5.70. The van der Waals surface area contributed by atoms with Crippen molar-refractivity contribution < 1.29 is 19.7 Å². The van der Waals surface area contributed by atoms with Crippen LogP contribution in [0.2, 0.25) is 0 Å². The van der Waals surface area contributed by atoms with Crippen LogP contribution in [-0.2, 0) is 6.54 Å². The Kier molecular flexibility index (Phi) is 3.65. The second-order valence-corrected chi connectivity index (χ2v) is 4.15. The highest BCUT2D eigenvalue weighted by Gasteiger charge is 2.20. The maximum Gasteiger partial charge on any atom is 0.352 e. The molecule has 0 spiro atoms. The van der Waals surface area contributed by atoms with Crippen LogP contribution in [0.5, 0.6) is 0 Å². The lowest BCUT2D eigenvalue weighted by molar-refractivity contribution is -0.394. The Morgan fingerprint density at radius 2 is 1.90 bits per heavy atom. The Hall–Kier alpha value is -3.23. The van der Waals surface area contributed by atoms with E-state index in [1.165, 1.54) is 29.0 Å². The third-order valence-electron chi connectivity index (χ3n) is 2.87. The summed E-state index contributed by atoms with van der Waals surface area (Å²) >= 11 is 0. The number of nitro groups is 2. The first kappa shape index (κ1) is 14.2. The second kappa shape index (κ2) is 5.41. The van der Waals surface area contributed by atoms with Crippen LogP contribution in [-0.4, -0.2) is 25.5 Å². The molecule has 0 saturated carbocycles. The summed E-state index contributed by atoms with van der Waals surface area (Å²) in [7, 11) is 0. The van der Waals surface area contributed by atoms with Crippen LogP contribution in [0.25, 0.3) is 0 Å². The highest BCUT2D eigenvalue weighted by molar-refractivity contribution is 5.85. The maximum absolute atomic E-state index is 11.0. The fraction of sp³-hybridized carbons (Fsp3) is 0.0833. The fourth-order valence-corrected chi connectivity index (χ4v) is 1.90. The minimum Gasteiger partial charge on any atom is -0.477 e. The number of hydrogen-bond acceptors (Lipinski definition) is 5. The third kappa shape index (κ3) is 2.86. The Morgan fingerprint density at radius 1 is 1.19 bits per heavy atom. The quantitative estimate of drug-likeness (QED) is 0.663. The van der Waals surface area contributed by atoms with Crippen LogP contribution >= 0.6 is 0 Å². The number of nitro benzene ring substituents is 2. The van der Waals surface area contributed by atoms with Crippen LogP contribution in [0.4, 0.5) is 11.4 Å². The van der Waals surface area contributed by atoms with E-state index in [-0.39, 0.29) is 17.8 Å². The van der Waals surface area contributed by atoms with Gasteiger partial charge in [0.15, 0.2) is 0 Å². The zero-order valence-electron chi connectivity index (χ0n) is 10.5. The molecule has 0 aliphatic rings. The van der Waals surface area contributed by atoms with E-state index < -0.39 is 27.2 Å². The van der Waals surface area contributed by atoms with Gasteiger partial charge in [-0.25, -0.2) is 4.79 Å². The molecule has 9 nitrogen and oxygen atoms in total. The van der Waals surface area contributed by atoms with Gasteiger partial charge in [-0.2, -0.15) is 0 Å². The summed E-state index contributed by atoms with van der Waals surface area (Å²) in [6, 6.07) is 6.12. The molecule has 0 aliphatic carbocycles. The van der Waals surface area contributed by atoms with Gasteiger partial charge in [0.25, 0.3) is 11.4 Å². The second-order valence-electron chi connectivity index (χ2n) is 4.15. The van der Waals surface area contributed by atoms with Crippen molar-refractivity contribution in [3.05, 3.63) is 68.0 Å². The summed E-state index contributed by atoms with van der Waals surface area (Å²) in [5.41, 5.74) is -0.655. The van der Waals surface area contributed by atoms with E-state index in [2.05, 4.69) is 0 Å². The fourth-order valence-electron chi connectivity index (χ4n) is 1.90. The van der Waals surface area contributed by atoms with E-state index in [0.717, 1.165) is 12.1 Å². The predicted octanol–water partition coefficient (Wildman–Crippen LogP) is 2.05. The van der Waals surface area contributed by atoms with E-state index in [1.54, 1.807) is 0 Å². The van der Waals surface area contributed by atoms with Crippen LogP contribution in [0.15, 0.2) is 36.5 Å². The molecule has 9 heteroatoms. The summed E-state index contributed by atoms with van der Waals surface area (Å²) in [4.78, 5) is 31.2. The number of non-ortho nitro benzene ring substituents is 1. The van der Waals surface area contributed by atoms with Crippen molar-refractivity contribution in [2.24, 2.45) is 0 Å². The van der Waals surface area contributed by atoms with Gasteiger partial charge in [0, 0.05) is 17.8 Å². The number of carboxylic acid groups (broad SMARTS) is 1. The average Bonchev–Trinajstić information content (AvgIpc) is 2.87. The standard InChI is InChI=1S/C12H9N3O6/c16-12(17)10-2-1-5-13(10)7-8-3-4-9(14(18)19)6-11(8)15(20)21/h1-6H,7H2,(H,16,17). The first-order chi connectivity index (χ1) is 9.90. The van der Waals surface area contributed by atoms with Gasteiger partial charge in [-0.3, -0.25) is 20.2 Å². The molecule has 0 unspecified atom stereocenters. The van der Waals surface area contributed by atoms with Crippen molar-refractivity contribution in [1.82, 2.24) is 4.57 Å². The molecule has 0 saturated heterocycles. The first-order valence-electron chi connectivity index (χ1n) is 5.70. The van der Waals surface area contributed by atoms with Gasteiger partial charge in [-0.1, -0.05) is 0 Å². The van der Waals surface area contributed by atoms with Crippen LogP contribution in [0.1, 0.15) is 16.1 Å². The molecule has 1 aromatic carbocycles. The van der Waals surface area contributed by atoms with Crippen molar-refractivity contribution in [2.45, 2.75) is 6.54 Å². The summed E-state index contributed by atoms with van der Waals surface area (Å²) in [6.45, 7) is -0.0665. The molecular formula is C12H9N3O6. The van der Waals surface area contributed by atoms with Crippen molar-refractivity contribution in [2.75, 3.05) is 0 Å². The minimum absolute atomic E-state index is 0.0253. The molecule has 0 fully saturated rings. The van der Waals surface area contributed by atoms with E-state index in [9.17, 15) is 25.0 Å². The molecule has 0 atom stereocenters. The van der Waals surface area contributed by atoms with Gasteiger partial charge in [0.2, 0.25) is 0 Å². The van der Waals surface area contributed by atoms with Crippen LogP contribution < -0.4 is 0 Å². The molecule has 0 bridgehead atoms. The normalized spacial score (nSPS) is 10.3. The average molecular weight is 291 g/mol. The van der Waals surface area contributed by atoms with E-state index in [4.69, 9.17) is 5.11 Å². The molecule has 2 rings (SSSR count). The number of hydrogen-bond donors (Lipinski definition) is 1. The molecule has 0 aliphatic heterocycles. The Morgan fingerprint density at radius 3 is 2.48 bits per heavy atom. The van der Waals surface area contributed by atoms with Crippen molar-refractivity contribution in [3.8, 4) is 0 Å². The zero-order valence-corrected chi connectivity index (χ0v) is 10.5. The van der Waals surface area contributed by atoms with Crippen molar-refractivity contribution in [1.29, 1.82) is 0 Å². The highest BCUT2D eigenvalue weighted by Crippen LogP contribution is 2.25. The smallest absolute Gasteiger partial charge is 0.352 e. The van der Waals surface area contributed by atoms with Gasteiger partial charge in [-0.15, -0.1) is 0 Å². The number of nitrogens with zero attached hydrogens (tertiary/aromatic N) is 3. The predicted molar refractivity (Wildman–Crippen MR) is 70.2 cm³/mol. The summed E-state index contributed by atoms with van der Waals surface area (Å²) < 4.78 is 1.32. The molecule has 0 radical (unpaired) electrons. The minimum atomic E-state index is -1.16. The SMILES string of the molecule is O=C(O)c1cccn1Cc1ccc([N+](=O)[O-])cc1[N+](=O)[O-]. The highest BCUT2D eigenvalue weighted by atomic mass is 16.6. The van der Waals surface area contributed by atoms with Crippen LogP contribution in [0.3, 0.4) is 0 Å². The lowest BCUT2D eigenvalue weighted by Gasteiger charge is -2.07. The number of aromatic nitrogens is 1. The zero-order chi connectivity index (χ0) is 15.6. The van der Waals surface area contributed by atoms with E-state index in [0.29, 0.717) is 0 Å².